The summed E-state index contributed by atoms with van der Waals surface area (Å²) >= 11 is 4.33. The van der Waals surface area contributed by atoms with Gasteiger partial charge in [-0.2, -0.15) is 9.48 Å². The molecule has 0 saturated carbocycles. The van der Waals surface area contributed by atoms with Gasteiger partial charge < -0.3 is 0 Å². The Labute approximate surface area is 122 Å². The number of carbonyl (C=O) groups is 2. The Bertz CT molecular complexity index is 600. The van der Waals surface area contributed by atoms with Gasteiger partial charge in [0.05, 0.1) is 13.1 Å². The summed E-state index contributed by atoms with van der Waals surface area (Å²) < 4.78 is 1.61. The molecule has 3 rings (SSSR count). The van der Waals surface area contributed by atoms with Crippen molar-refractivity contribution in [3.63, 3.8) is 0 Å². The molecule has 1 saturated heterocycles. The number of rotatable bonds is 2. The van der Waals surface area contributed by atoms with Crippen molar-refractivity contribution in [2.45, 2.75) is 19.3 Å². The van der Waals surface area contributed by atoms with E-state index in [1.165, 1.54) is 0 Å². The van der Waals surface area contributed by atoms with Crippen LogP contribution in [0.4, 0.5) is 0 Å². The van der Waals surface area contributed by atoms with Crippen molar-refractivity contribution in [3.05, 3.63) is 30.1 Å². The fourth-order valence-corrected chi connectivity index (χ4v) is 3.42. The first-order valence-corrected chi connectivity index (χ1v) is 7.19. The Morgan fingerprint density at radius 1 is 1.45 bits per heavy atom. The Kier molecular flexibility index (Phi) is 3.33. The fraction of sp³-hybridized carbons (Fsp3) is 0.429. The van der Waals surface area contributed by atoms with Gasteiger partial charge in [0, 0.05) is 17.8 Å². The van der Waals surface area contributed by atoms with Crippen LogP contribution in [0.3, 0.4) is 0 Å². The maximum Gasteiger partial charge on any atom is 0.325 e. The van der Waals surface area contributed by atoms with Gasteiger partial charge >= 0.3 is 17.0 Å². The van der Waals surface area contributed by atoms with Gasteiger partial charge in [-0.15, -0.1) is 0 Å². The van der Waals surface area contributed by atoms with Gasteiger partial charge in [0.15, 0.2) is 5.92 Å². The van der Waals surface area contributed by atoms with Crippen LogP contribution in [0.25, 0.3) is 0 Å². The van der Waals surface area contributed by atoms with Crippen molar-refractivity contribution in [3.8, 4) is 0 Å². The van der Waals surface area contributed by atoms with Gasteiger partial charge in [-0.1, -0.05) is 18.7 Å². The predicted octanol–water partition coefficient (Wildman–Crippen LogP) is 0.872. The first-order valence-electron chi connectivity index (χ1n) is 6.74. The zero-order valence-electron chi connectivity index (χ0n) is 11.2. The summed E-state index contributed by atoms with van der Waals surface area (Å²) in [6.07, 6.45) is 2.44. The van der Waals surface area contributed by atoms with Crippen molar-refractivity contribution in [1.82, 2.24) is 9.88 Å². The van der Waals surface area contributed by atoms with Gasteiger partial charge in [-0.3, -0.25) is 4.98 Å². The zero-order valence-corrected chi connectivity index (χ0v) is 12.1. The van der Waals surface area contributed by atoms with E-state index in [-0.39, 0.29) is 17.7 Å². The van der Waals surface area contributed by atoms with E-state index in [9.17, 15) is 9.59 Å². The van der Waals surface area contributed by atoms with Gasteiger partial charge in [0.1, 0.15) is 0 Å². The zero-order chi connectivity index (χ0) is 14.3. The molecular formula is C14H16N3O2S+. The van der Waals surface area contributed by atoms with Gasteiger partial charge in [-0.05, 0) is 25.5 Å². The molecule has 104 valence electrons. The summed E-state index contributed by atoms with van der Waals surface area (Å²) in [6, 6.07) is 5.61. The third kappa shape index (κ3) is 1.86. The molecule has 0 aromatic carbocycles. The van der Waals surface area contributed by atoms with E-state index in [1.54, 1.807) is 15.7 Å². The van der Waals surface area contributed by atoms with Crippen LogP contribution in [0.5, 0.6) is 0 Å². The number of pyridine rings is 1. The standard InChI is InChI=1S/C14H15N3O2S/c1-2-16-12(18)11-9(10-5-3-4-7-15-10)6-8-17(13(11)19)14(16)20/h3-5,7,9,11H,2,6,8H2,1H3/p+1. The number of nitrogens with zero attached hydrogens (tertiary/aromatic N) is 3. The van der Waals surface area contributed by atoms with E-state index in [0.717, 1.165) is 12.1 Å². The Morgan fingerprint density at radius 2 is 2.25 bits per heavy atom. The van der Waals surface area contributed by atoms with E-state index < -0.39 is 5.92 Å². The van der Waals surface area contributed by atoms with E-state index in [1.807, 2.05) is 25.1 Å². The largest absolute Gasteiger partial charge is 0.325 e. The first kappa shape index (κ1) is 13.3. The molecule has 2 bridgehead atoms. The number of amidine groups is 1. The van der Waals surface area contributed by atoms with E-state index in [0.29, 0.717) is 18.3 Å². The SMILES string of the molecule is CCN1C(=O)C2C(=O)[N+](=C1S)CCC2c1ccccn1. The number of amides is 2. The van der Waals surface area contributed by atoms with Crippen LogP contribution in [-0.4, -0.2) is 44.5 Å². The quantitative estimate of drug-likeness (QED) is 0.499. The molecule has 1 aromatic rings. The number of piperidine rings is 1. The minimum atomic E-state index is -0.658. The molecule has 2 atom stereocenters. The summed E-state index contributed by atoms with van der Waals surface area (Å²) in [5, 5.41) is 0.457. The topological polar surface area (TPSA) is 53.3 Å². The summed E-state index contributed by atoms with van der Waals surface area (Å²) in [5.74, 6) is -1.10. The summed E-state index contributed by atoms with van der Waals surface area (Å²) in [6.45, 7) is 2.99. The predicted molar refractivity (Wildman–Crippen MR) is 76.6 cm³/mol. The lowest BCUT2D eigenvalue weighted by molar-refractivity contribution is -0.466. The van der Waals surface area contributed by atoms with Crippen molar-refractivity contribution >= 4 is 29.6 Å². The lowest BCUT2D eigenvalue weighted by Gasteiger charge is -2.34. The van der Waals surface area contributed by atoms with E-state index >= 15 is 0 Å². The highest BCUT2D eigenvalue weighted by molar-refractivity contribution is 7.96. The molecule has 2 aliphatic heterocycles. The third-order valence-corrected chi connectivity index (χ3v) is 4.48. The molecule has 1 aromatic heterocycles. The van der Waals surface area contributed by atoms with Crippen LogP contribution < -0.4 is 0 Å². The second-order valence-corrected chi connectivity index (χ2v) is 5.40. The number of hydrogen-bond acceptors (Lipinski definition) is 3. The molecule has 0 spiro atoms. The van der Waals surface area contributed by atoms with Crippen LogP contribution in [0.15, 0.2) is 24.4 Å². The maximum absolute atomic E-state index is 12.6. The minimum absolute atomic E-state index is 0.136. The molecule has 0 radical (unpaired) electrons. The van der Waals surface area contributed by atoms with Crippen molar-refractivity contribution in [1.29, 1.82) is 0 Å². The molecule has 6 heteroatoms. The number of fused-ring (bicyclic) bond motifs is 2. The average Bonchev–Trinajstić information content (AvgIpc) is 2.46. The second kappa shape index (κ2) is 5.01. The molecule has 2 amide bonds. The van der Waals surface area contributed by atoms with Gasteiger partial charge in [0.25, 0.3) is 0 Å². The average molecular weight is 290 g/mol. The smallest absolute Gasteiger partial charge is 0.261 e. The lowest BCUT2D eigenvalue weighted by Crippen LogP contribution is -2.58. The van der Waals surface area contributed by atoms with Crippen LogP contribution in [-0.2, 0) is 9.59 Å². The molecular weight excluding hydrogens is 274 g/mol. The normalized spacial score (nSPS) is 26.2. The summed E-state index contributed by atoms with van der Waals surface area (Å²) in [5.41, 5.74) is 0.817. The van der Waals surface area contributed by atoms with Crippen LogP contribution in [0.2, 0.25) is 0 Å². The monoisotopic (exact) mass is 290 g/mol. The van der Waals surface area contributed by atoms with Crippen molar-refractivity contribution in [2.75, 3.05) is 13.1 Å². The Hall–Kier alpha value is -1.69. The fourth-order valence-electron chi connectivity index (χ4n) is 2.98. The van der Waals surface area contributed by atoms with Crippen LogP contribution in [0.1, 0.15) is 25.0 Å². The lowest BCUT2D eigenvalue weighted by atomic mass is 9.81. The third-order valence-electron chi connectivity index (χ3n) is 4.00. The summed E-state index contributed by atoms with van der Waals surface area (Å²) in [4.78, 5) is 30.9. The number of carbonyl (C=O) groups excluding carboxylic acids is 2. The molecule has 2 aliphatic rings. The van der Waals surface area contributed by atoms with Crippen LogP contribution in [0, 0.1) is 5.92 Å². The van der Waals surface area contributed by atoms with Gasteiger partial charge in [-0.25, -0.2) is 9.59 Å². The Balaban J connectivity index is 2.05. The first-order chi connectivity index (χ1) is 9.65. The second-order valence-electron chi connectivity index (χ2n) is 5.00. The Morgan fingerprint density at radius 3 is 2.90 bits per heavy atom. The van der Waals surface area contributed by atoms with E-state index in [2.05, 4.69) is 17.6 Å². The van der Waals surface area contributed by atoms with Crippen molar-refractivity contribution in [2.24, 2.45) is 5.92 Å². The number of aromatic nitrogens is 1. The number of hydrogen-bond donors (Lipinski definition) is 1. The minimum Gasteiger partial charge on any atom is -0.261 e. The maximum atomic E-state index is 12.6. The van der Waals surface area contributed by atoms with E-state index in [4.69, 9.17) is 0 Å². The molecule has 5 nitrogen and oxygen atoms in total. The van der Waals surface area contributed by atoms with Crippen LogP contribution >= 0.6 is 12.6 Å². The highest BCUT2D eigenvalue weighted by Gasteiger charge is 2.53. The molecule has 0 aliphatic carbocycles. The van der Waals surface area contributed by atoms with Gasteiger partial charge in [0.2, 0.25) is 0 Å². The molecule has 1 fully saturated rings. The number of thiol groups is 1. The molecule has 3 heterocycles. The molecule has 20 heavy (non-hydrogen) atoms. The molecule has 2 unspecified atom stereocenters. The molecule has 0 N–H and O–H groups in total. The highest BCUT2D eigenvalue weighted by atomic mass is 32.1. The highest BCUT2D eigenvalue weighted by Crippen LogP contribution is 2.35. The van der Waals surface area contributed by atoms with Crippen molar-refractivity contribution < 1.29 is 14.2 Å². The summed E-state index contributed by atoms with van der Waals surface area (Å²) in [7, 11) is 0.